The molecular weight excluding hydrogens is 388 g/mol. The maximum atomic E-state index is 13.0. The second-order valence-corrected chi connectivity index (χ2v) is 6.93. The first-order valence-corrected chi connectivity index (χ1v) is 9.40. The first-order valence-electron chi connectivity index (χ1n) is 9.03. The average molecular weight is 409 g/mol. The molecule has 148 valence electrons. The average Bonchev–Trinajstić information content (AvgIpc) is 2.74. The Balaban J connectivity index is 1.83. The molecule has 0 saturated heterocycles. The molecule has 3 rings (SSSR count). The monoisotopic (exact) mass is 408 g/mol. The highest BCUT2D eigenvalue weighted by molar-refractivity contribution is 6.31. The molecule has 0 aliphatic heterocycles. The summed E-state index contributed by atoms with van der Waals surface area (Å²) in [4.78, 5) is 27.4. The summed E-state index contributed by atoms with van der Waals surface area (Å²) in [6.07, 6.45) is 0. The number of hydrogen-bond acceptors (Lipinski definition) is 3. The van der Waals surface area contributed by atoms with Gasteiger partial charge in [-0.15, -0.1) is 0 Å². The van der Waals surface area contributed by atoms with Gasteiger partial charge in [0.05, 0.1) is 23.9 Å². The van der Waals surface area contributed by atoms with Crippen LogP contribution in [-0.2, 0) is 6.54 Å². The molecule has 6 heteroatoms. The summed E-state index contributed by atoms with van der Waals surface area (Å²) in [5.41, 5.74) is 2.14. The Bertz CT molecular complexity index is 1020. The molecule has 0 aliphatic rings. The van der Waals surface area contributed by atoms with Crippen molar-refractivity contribution in [3.63, 3.8) is 0 Å². The Labute approximate surface area is 174 Å². The Kier molecular flexibility index (Phi) is 6.52. The van der Waals surface area contributed by atoms with Crippen molar-refractivity contribution in [3.05, 3.63) is 94.5 Å². The molecule has 1 N–H and O–H groups in total. The highest BCUT2D eigenvalue weighted by atomic mass is 35.5. The van der Waals surface area contributed by atoms with Crippen LogP contribution in [0, 0.1) is 0 Å². The van der Waals surface area contributed by atoms with E-state index in [9.17, 15) is 9.59 Å². The lowest BCUT2D eigenvalue weighted by atomic mass is 10.1. The number of para-hydroxylation sites is 1. The molecule has 0 saturated carbocycles. The van der Waals surface area contributed by atoms with Crippen molar-refractivity contribution in [2.24, 2.45) is 0 Å². The molecule has 0 heterocycles. The molecule has 0 spiro atoms. The highest BCUT2D eigenvalue weighted by Gasteiger charge is 2.19. The van der Waals surface area contributed by atoms with E-state index in [1.54, 1.807) is 48.3 Å². The first kappa shape index (κ1) is 20.4. The summed E-state index contributed by atoms with van der Waals surface area (Å²) in [5.74, 6) is -0.199. The van der Waals surface area contributed by atoms with E-state index in [2.05, 4.69) is 5.32 Å². The molecular formula is C23H21ClN2O3. The van der Waals surface area contributed by atoms with Gasteiger partial charge in [-0.05, 0) is 35.9 Å². The minimum absolute atomic E-state index is 0.192. The van der Waals surface area contributed by atoms with Crippen LogP contribution in [0.15, 0.2) is 72.8 Å². The standard InChI is InChI=1S/C23H21ClN2O3/c1-26(15-16-8-4-3-5-9-16)23(28)18-10-6-7-11-20(18)25-22(27)19-14-17(24)12-13-21(19)29-2/h3-14H,15H2,1-2H3,(H,25,27). The number of hydrogen-bond donors (Lipinski definition) is 1. The molecule has 2 amide bonds. The highest BCUT2D eigenvalue weighted by Crippen LogP contribution is 2.25. The summed E-state index contributed by atoms with van der Waals surface area (Å²) in [6, 6.07) is 21.4. The number of benzene rings is 3. The van der Waals surface area contributed by atoms with Crippen LogP contribution in [0.1, 0.15) is 26.3 Å². The lowest BCUT2D eigenvalue weighted by molar-refractivity contribution is 0.0786. The van der Waals surface area contributed by atoms with Crippen LogP contribution >= 0.6 is 11.6 Å². The molecule has 0 bridgehead atoms. The lowest BCUT2D eigenvalue weighted by Crippen LogP contribution is -2.27. The molecule has 0 aromatic heterocycles. The molecule has 0 atom stereocenters. The van der Waals surface area contributed by atoms with Gasteiger partial charge in [0, 0.05) is 18.6 Å². The SMILES string of the molecule is COc1ccc(Cl)cc1C(=O)Nc1ccccc1C(=O)N(C)Cc1ccccc1. The van der Waals surface area contributed by atoms with E-state index in [-0.39, 0.29) is 5.91 Å². The fourth-order valence-electron chi connectivity index (χ4n) is 2.96. The van der Waals surface area contributed by atoms with Crippen molar-refractivity contribution in [1.29, 1.82) is 0 Å². The van der Waals surface area contributed by atoms with Crippen LogP contribution in [0.4, 0.5) is 5.69 Å². The van der Waals surface area contributed by atoms with Crippen molar-refractivity contribution < 1.29 is 14.3 Å². The first-order chi connectivity index (χ1) is 14.0. The Morgan fingerprint density at radius 2 is 1.66 bits per heavy atom. The number of amides is 2. The van der Waals surface area contributed by atoms with Crippen molar-refractivity contribution in [1.82, 2.24) is 4.90 Å². The van der Waals surface area contributed by atoms with Crippen molar-refractivity contribution in [2.75, 3.05) is 19.5 Å². The zero-order chi connectivity index (χ0) is 20.8. The molecule has 0 radical (unpaired) electrons. The van der Waals surface area contributed by atoms with Crippen LogP contribution in [-0.4, -0.2) is 30.9 Å². The third-order valence-corrected chi connectivity index (χ3v) is 4.66. The number of nitrogens with zero attached hydrogens (tertiary/aromatic N) is 1. The van der Waals surface area contributed by atoms with Gasteiger partial charge >= 0.3 is 0 Å². The summed E-state index contributed by atoms with van der Waals surface area (Å²) in [5, 5.41) is 3.22. The van der Waals surface area contributed by atoms with Crippen LogP contribution in [0.2, 0.25) is 5.02 Å². The summed E-state index contributed by atoms with van der Waals surface area (Å²) >= 11 is 6.02. The number of halogens is 1. The zero-order valence-electron chi connectivity index (χ0n) is 16.2. The minimum Gasteiger partial charge on any atom is -0.496 e. The topological polar surface area (TPSA) is 58.6 Å². The number of carbonyl (C=O) groups excluding carboxylic acids is 2. The van der Waals surface area contributed by atoms with E-state index in [1.807, 2.05) is 30.3 Å². The quantitative estimate of drug-likeness (QED) is 0.632. The second-order valence-electron chi connectivity index (χ2n) is 6.49. The number of methoxy groups -OCH3 is 1. The van der Waals surface area contributed by atoms with Gasteiger partial charge in [-0.25, -0.2) is 0 Å². The third-order valence-electron chi connectivity index (χ3n) is 4.42. The van der Waals surface area contributed by atoms with Gasteiger partial charge in [-0.3, -0.25) is 9.59 Å². The van der Waals surface area contributed by atoms with Gasteiger partial charge in [0.1, 0.15) is 5.75 Å². The van der Waals surface area contributed by atoms with E-state index < -0.39 is 5.91 Å². The van der Waals surface area contributed by atoms with Gasteiger partial charge in [-0.1, -0.05) is 54.1 Å². The zero-order valence-corrected chi connectivity index (χ0v) is 16.9. The molecule has 3 aromatic rings. The Morgan fingerprint density at radius 1 is 0.966 bits per heavy atom. The maximum Gasteiger partial charge on any atom is 0.259 e. The smallest absolute Gasteiger partial charge is 0.259 e. The summed E-state index contributed by atoms with van der Waals surface area (Å²) in [7, 11) is 3.21. The molecule has 0 aliphatic carbocycles. The Hall–Kier alpha value is -3.31. The van der Waals surface area contributed by atoms with Crippen LogP contribution in [0.25, 0.3) is 0 Å². The summed E-state index contributed by atoms with van der Waals surface area (Å²) in [6.45, 7) is 0.462. The molecule has 3 aromatic carbocycles. The van der Waals surface area contributed by atoms with E-state index in [4.69, 9.17) is 16.3 Å². The Morgan fingerprint density at radius 3 is 2.38 bits per heavy atom. The fraction of sp³-hybridized carbons (Fsp3) is 0.130. The fourth-order valence-corrected chi connectivity index (χ4v) is 3.13. The number of anilines is 1. The van der Waals surface area contributed by atoms with Gasteiger partial charge in [0.15, 0.2) is 0 Å². The van der Waals surface area contributed by atoms with Crippen LogP contribution in [0.5, 0.6) is 5.75 Å². The predicted octanol–water partition coefficient (Wildman–Crippen LogP) is 4.87. The van der Waals surface area contributed by atoms with Crippen molar-refractivity contribution >= 4 is 29.1 Å². The van der Waals surface area contributed by atoms with Crippen molar-refractivity contribution in [2.45, 2.75) is 6.54 Å². The molecule has 29 heavy (non-hydrogen) atoms. The largest absolute Gasteiger partial charge is 0.496 e. The summed E-state index contributed by atoms with van der Waals surface area (Å²) < 4.78 is 5.25. The molecule has 0 unspecified atom stereocenters. The lowest BCUT2D eigenvalue weighted by Gasteiger charge is -2.19. The number of rotatable bonds is 6. The van der Waals surface area contributed by atoms with E-state index >= 15 is 0 Å². The van der Waals surface area contributed by atoms with Gasteiger partial charge in [0.2, 0.25) is 0 Å². The minimum atomic E-state index is -0.407. The number of nitrogens with one attached hydrogen (secondary N) is 1. The van der Waals surface area contributed by atoms with Gasteiger partial charge < -0.3 is 15.0 Å². The number of ether oxygens (including phenoxy) is 1. The van der Waals surface area contributed by atoms with E-state index in [0.717, 1.165) is 5.56 Å². The van der Waals surface area contributed by atoms with Gasteiger partial charge in [-0.2, -0.15) is 0 Å². The van der Waals surface area contributed by atoms with Crippen LogP contribution < -0.4 is 10.1 Å². The molecule has 0 fully saturated rings. The van der Waals surface area contributed by atoms with Crippen molar-refractivity contribution in [3.8, 4) is 5.75 Å². The third kappa shape index (κ3) is 4.95. The maximum absolute atomic E-state index is 13.0. The van der Waals surface area contributed by atoms with Gasteiger partial charge in [0.25, 0.3) is 11.8 Å². The predicted molar refractivity (Wildman–Crippen MR) is 115 cm³/mol. The van der Waals surface area contributed by atoms with E-state index in [1.165, 1.54) is 13.2 Å². The number of carbonyl (C=O) groups is 2. The normalized spacial score (nSPS) is 10.3. The van der Waals surface area contributed by atoms with Crippen LogP contribution in [0.3, 0.4) is 0 Å². The molecule has 5 nitrogen and oxygen atoms in total. The second kappa shape index (κ2) is 9.26. The van der Waals surface area contributed by atoms with E-state index in [0.29, 0.717) is 34.1 Å².